The molecule has 16 heavy (non-hydrogen) atoms. The average molecular weight is 221 g/mol. The SMILES string of the molecule is O=C1c2c(F)cccc2OC[C@@H]2CCCN12. The molecule has 3 nitrogen and oxygen atoms in total. The zero-order chi connectivity index (χ0) is 11.1. The number of rotatable bonds is 0. The molecular formula is C12H12FNO2. The Labute approximate surface area is 92.8 Å². The first-order valence-corrected chi connectivity index (χ1v) is 5.49. The summed E-state index contributed by atoms with van der Waals surface area (Å²) >= 11 is 0. The minimum absolute atomic E-state index is 0.0897. The predicted octanol–water partition coefficient (Wildman–Crippen LogP) is 1.82. The molecule has 0 saturated carbocycles. The summed E-state index contributed by atoms with van der Waals surface area (Å²) in [6.45, 7) is 1.18. The van der Waals surface area contributed by atoms with Crippen molar-refractivity contribution in [3.63, 3.8) is 0 Å². The van der Waals surface area contributed by atoms with Crippen LogP contribution in [0.25, 0.3) is 0 Å². The van der Waals surface area contributed by atoms with Crippen molar-refractivity contribution < 1.29 is 13.9 Å². The molecule has 2 heterocycles. The van der Waals surface area contributed by atoms with E-state index in [1.807, 2.05) is 0 Å². The van der Waals surface area contributed by atoms with Crippen LogP contribution in [0.3, 0.4) is 0 Å². The first-order chi connectivity index (χ1) is 7.77. The van der Waals surface area contributed by atoms with Gasteiger partial charge in [-0.3, -0.25) is 4.79 Å². The van der Waals surface area contributed by atoms with Crippen molar-refractivity contribution in [2.24, 2.45) is 0 Å². The molecule has 1 aromatic rings. The molecule has 3 rings (SSSR count). The third-order valence-electron chi connectivity index (χ3n) is 3.26. The summed E-state index contributed by atoms with van der Waals surface area (Å²) in [5, 5.41) is 0. The second-order valence-corrected chi connectivity index (χ2v) is 4.22. The Balaban J connectivity index is 2.10. The second-order valence-electron chi connectivity index (χ2n) is 4.22. The molecule has 0 spiro atoms. The van der Waals surface area contributed by atoms with Crippen LogP contribution < -0.4 is 4.74 Å². The molecule has 1 atom stereocenters. The second kappa shape index (κ2) is 3.47. The van der Waals surface area contributed by atoms with Crippen molar-refractivity contribution in [1.29, 1.82) is 0 Å². The number of benzene rings is 1. The number of carbonyl (C=O) groups is 1. The molecule has 0 unspecified atom stereocenters. The number of hydrogen-bond acceptors (Lipinski definition) is 2. The van der Waals surface area contributed by atoms with Crippen LogP contribution in [-0.4, -0.2) is 30.0 Å². The lowest BCUT2D eigenvalue weighted by atomic mass is 10.1. The summed E-state index contributed by atoms with van der Waals surface area (Å²) in [6.07, 6.45) is 1.92. The van der Waals surface area contributed by atoms with E-state index in [2.05, 4.69) is 0 Å². The quantitative estimate of drug-likeness (QED) is 0.668. The Kier molecular flexibility index (Phi) is 2.09. The van der Waals surface area contributed by atoms with E-state index >= 15 is 0 Å². The fourth-order valence-electron chi connectivity index (χ4n) is 2.44. The van der Waals surface area contributed by atoms with Crippen LogP contribution in [0.5, 0.6) is 5.75 Å². The van der Waals surface area contributed by atoms with Gasteiger partial charge in [0.1, 0.15) is 23.7 Å². The number of nitrogens with zero attached hydrogens (tertiary/aromatic N) is 1. The number of halogens is 1. The molecule has 4 heteroatoms. The van der Waals surface area contributed by atoms with Gasteiger partial charge in [-0.1, -0.05) is 6.07 Å². The number of carbonyl (C=O) groups excluding carboxylic acids is 1. The molecule has 0 bridgehead atoms. The third kappa shape index (κ3) is 1.29. The highest BCUT2D eigenvalue weighted by atomic mass is 19.1. The molecule has 2 aliphatic heterocycles. The first kappa shape index (κ1) is 9.63. The largest absolute Gasteiger partial charge is 0.490 e. The van der Waals surface area contributed by atoms with Gasteiger partial charge in [0.15, 0.2) is 0 Å². The van der Waals surface area contributed by atoms with Crippen molar-refractivity contribution in [2.75, 3.05) is 13.2 Å². The molecular weight excluding hydrogens is 209 g/mol. The smallest absolute Gasteiger partial charge is 0.260 e. The van der Waals surface area contributed by atoms with Gasteiger partial charge < -0.3 is 9.64 Å². The van der Waals surface area contributed by atoms with E-state index in [-0.39, 0.29) is 17.5 Å². The third-order valence-corrected chi connectivity index (χ3v) is 3.26. The number of amides is 1. The number of ether oxygens (including phenoxy) is 1. The first-order valence-electron chi connectivity index (χ1n) is 5.49. The van der Waals surface area contributed by atoms with Crippen LogP contribution in [0.4, 0.5) is 4.39 Å². The van der Waals surface area contributed by atoms with Gasteiger partial charge in [-0.25, -0.2) is 4.39 Å². The normalized spacial score (nSPS) is 23.4. The van der Waals surface area contributed by atoms with Crippen LogP contribution in [0, 0.1) is 5.82 Å². The summed E-state index contributed by atoms with van der Waals surface area (Å²) < 4.78 is 19.1. The lowest BCUT2D eigenvalue weighted by Gasteiger charge is -2.20. The van der Waals surface area contributed by atoms with E-state index in [9.17, 15) is 9.18 Å². The van der Waals surface area contributed by atoms with Crippen molar-refractivity contribution in [3.05, 3.63) is 29.6 Å². The highest BCUT2D eigenvalue weighted by Crippen LogP contribution is 2.30. The molecule has 2 aliphatic rings. The maximum Gasteiger partial charge on any atom is 0.260 e. The van der Waals surface area contributed by atoms with Gasteiger partial charge in [-0.15, -0.1) is 0 Å². The lowest BCUT2D eigenvalue weighted by molar-refractivity contribution is 0.0723. The van der Waals surface area contributed by atoms with E-state index in [1.54, 1.807) is 17.0 Å². The minimum atomic E-state index is -0.491. The molecule has 0 aliphatic carbocycles. The average Bonchev–Trinajstić information content (AvgIpc) is 2.69. The highest BCUT2D eigenvalue weighted by Gasteiger charge is 2.35. The maximum absolute atomic E-state index is 13.6. The van der Waals surface area contributed by atoms with E-state index in [4.69, 9.17) is 4.74 Å². The van der Waals surface area contributed by atoms with Gasteiger partial charge in [-0.2, -0.15) is 0 Å². The summed E-state index contributed by atoms with van der Waals surface area (Å²) in [4.78, 5) is 13.9. The topological polar surface area (TPSA) is 29.5 Å². The molecule has 1 fully saturated rings. The van der Waals surface area contributed by atoms with E-state index in [1.165, 1.54) is 6.07 Å². The molecule has 0 radical (unpaired) electrons. The van der Waals surface area contributed by atoms with Crippen LogP contribution in [-0.2, 0) is 0 Å². The molecule has 84 valence electrons. The fourth-order valence-corrected chi connectivity index (χ4v) is 2.44. The van der Waals surface area contributed by atoms with Crippen LogP contribution in [0.1, 0.15) is 23.2 Å². The van der Waals surface area contributed by atoms with Crippen molar-refractivity contribution >= 4 is 5.91 Å². The van der Waals surface area contributed by atoms with E-state index in [0.717, 1.165) is 12.8 Å². The van der Waals surface area contributed by atoms with Gasteiger partial charge in [-0.05, 0) is 25.0 Å². The summed E-state index contributed by atoms with van der Waals surface area (Å²) in [7, 11) is 0. The van der Waals surface area contributed by atoms with Gasteiger partial charge in [0.2, 0.25) is 0 Å². The van der Waals surface area contributed by atoms with Gasteiger partial charge >= 0.3 is 0 Å². The van der Waals surface area contributed by atoms with Crippen LogP contribution >= 0.6 is 0 Å². The van der Waals surface area contributed by atoms with Crippen LogP contribution in [0.15, 0.2) is 18.2 Å². The molecule has 0 N–H and O–H groups in total. The highest BCUT2D eigenvalue weighted by molar-refractivity contribution is 5.97. The summed E-state index contributed by atoms with van der Waals surface area (Å²) in [5.74, 6) is -0.345. The monoisotopic (exact) mass is 221 g/mol. The minimum Gasteiger partial charge on any atom is -0.490 e. The Morgan fingerprint density at radius 1 is 1.44 bits per heavy atom. The fraction of sp³-hybridized carbons (Fsp3) is 0.417. The van der Waals surface area contributed by atoms with Gasteiger partial charge in [0.05, 0.1) is 6.04 Å². The number of hydrogen-bond donors (Lipinski definition) is 0. The van der Waals surface area contributed by atoms with E-state index in [0.29, 0.717) is 18.9 Å². The van der Waals surface area contributed by atoms with Crippen molar-refractivity contribution in [1.82, 2.24) is 4.90 Å². The summed E-state index contributed by atoms with van der Waals surface area (Å²) in [5.41, 5.74) is 0.0897. The molecule has 0 aromatic heterocycles. The van der Waals surface area contributed by atoms with Crippen molar-refractivity contribution in [2.45, 2.75) is 18.9 Å². The Morgan fingerprint density at radius 2 is 2.31 bits per heavy atom. The summed E-state index contributed by atoms with van der Waals surface area (Å²) in [6, 6.07) is 4.63. The van der Waals surface area contributed by atoms with Gasteiger partial charge in [0, 0.05) is 6.54 Å². The Hall–Kier alpha value is -1.58. The van der Waals surface area contributed by atoms with Gasteiger partial charge in [0.25, 0.3) is 5.91 Å². The number of fused-ring (bicyclic) bond motifs is 2. The van der Waals surface area contributed by atoms with E-state index < -0.39 is 5.82 Å². The van der Waals surface area contributed by atoms with Crippen molar-refractivity contribution in [3.8, 4) is 5.75 Å². The Bertz CT molecular complexity index is 447. The molecule has 1 amide bonds. The molecule has 1 saturated heterocycles. The zero-order valence-electron chi connectivity index (χ0n) is 8.78. The predicted molar refractivity (Wildman–Crippen MR) is 56.0 cm³/mol. The van der Waals surface area contributed by atoms with Crippen LogP contribution in [0.2, 0.25) is 0 Å². The zero-order valence-corrected chi connectivity index (χ0v) is 8.78. The molecule has 1 aromatic carbocycles. The Morgan fingerprint density at radius 3 is 3.19 bits per heavy atom. The maximum atomic E-state index is 13.6. The lowest BCUT2D eigenvalue weighted by Crippen LogP contribution is -2.36. The standard InChI is InChI=1S/C12H12FNO2/c13-9-4-1-5-10-11(9)12(15)14-6-2-3-8(14)7-16-10/h1,4-5,8H,2-3,6-7H2/t8-/m0/s1.